The van der Waals surface area contributed by atoms with Crippen LogP contribution in [-0.2, 0) is 50.8 Å². The minimum absolute atomic E-state index is 0.294. The highest BCUT2D eigenvalue weighted by atomic mass is 16.5. The van der Waals surface area contributed by atoms with Crippen LogP contribution >= 0.6 is 0 Å². The topological polar surface area (TPSA) is 293 Å². The first kappa shape index (κ1) is 99.0. The molecule has 0 unspecified atom stereocenters. The van der Waals surface area contributed by atoms with E-state index >= 15 is 0 Å². The van der Waals surface area contributed by atoms with Gasteiger partial charge in [-0.2, -0.15) is 0 Å². The van der Waals surface area contributed by atoms with Crippen LogP contribution in [0.5, 0.6) is 0 Å². The second-order valence-corrected chi connectivity index (χ2v) is 32.5. The number of anilines is 5. The fraction of sp³-hybridized carbons (Fsp3) is 0.756. The molecule has 612 valence electrons. The minimum atomic E-state index is -0.402. The maximum Gasteiger partial charge on any atom is 0.249 e. The summed E-state index contributed by atoms with van der Waals surface area (Å²) < 4.78 is 27.8. The Morgan fingerprint density at radius 3 is 0.654 bits per heavy atom. The Kier molecular flexibility index (Phi) is 45.6. The molecule has 0 aliphatic carbocycles. The number of nitrogens with one attached hydrogen (secondary N) is 5. The van der Waals surface area contributed by atoms with E-state index in [0.717, 1.165) is 111 Å². The number of rotatable bonds is 47. The van der Waals surface area contributed by atoms with Gasteiger partial charge in [0.05, 0.1) is 94.5 Å². The quantitative estimate of drug-likeness (QED) is 0.0186. The molecule has 5 aromatic carbocycles. The third kappa shape index (κ3) is 33.6. The summed E-state index contributed by atoms with van der Waals surface area (Å²) in [7, 11) is 4.12. The number of ether oxygens (including phenoxy) is 5. The maximum absolute atomic E-state index is 11.7. The van der Waals surface area contributed by atoms with Crippen molar-refractivity contribution in [3.05, 3.63) is 130 Å². The van der Waals surface area contributed by atoms with Crippen molar-refractivity contribution < 1.29 is 23.7 Å². The first-order valence-corrected chi connectivity index (χ1v) is 39.4. The fourth-order valence-corrected chi connectivity index (χ4v) is 12.1. The zero-order chi connectivity index (χ0) is 81.6. The molecule has 0 saturated heterocycles. The fourth-order valence-electron chi connectivity index (χ4n) is 12.1. The van der Waals surface area contributed by atoms with E-state index in [-0.39, 0.29) is 54.2 Å². The van der Waals surface area contributed by atoms with Gasteiger partial charge in [0, 0.05) is 93.3 Å². The number of hydrogen-bond donors (Lipinski definition) is 5. The van der Waals surface area contributed by atoms with Crippen LogP contribution in [0.25, 0.3) is 0 Å². The molecule has 0 atom stereocenters. The number of likely N-dealkylation sites (N-methyl/N-ethyl adjacent to an activating group) is 4. The lowest BCUT2D eigenvalue weighted by atomic mass is 9.82. The Morgan fingerprint density at radius 2 is 0.439 bits per heavy atom. The average Bonchev–Trinajstić information content (AvgIpc) is 0.791. The summed E-state index contributed by atoms with van der Waals surface area (Å²) in [6.45, 7) is 68.2. The van der Waals surface area contributed by atoms with Gasteiger partial charge in [0.25, 0.3) is 0 Å². The van der Waals surface area contributed by atoms with Gasteiger partial charge in [0.1, 0.15) is 0 Å². The lowest BCUT2D eigenvalue weighted by Crippen LogP contribution is -2.43. The van der Waals surface area contributed by atoms with Gasteiger partial charge >= 0.3 is 0 Å². The molecule has 25 nitrogen and oxygen atoms in total. The van der Waals surface area contributed by atoms with E-state index in [1.165, 1.54) is 0 Å². The molecule has 0 bridgehead atoms. The monoisotopic (exact) mass is 1510 g/mol. The highest BCUT2D eigenvalue weighted by Gasteiger charge is 2.34. The van der Waals surface area contributed by atoms with Gasteiger partial charge < -0.3 is 74.8 Å². The second-order valence-electron chi connectivity index (χ2n) is 32.5. The Labute approximate surface area is 640 Å². The molecule has 0 fully saturated rings. The third-order valence-electron chi connectivity index (χ3n) is 18.0. The summed E-state index contributed by atoms with van der Waals surface area (Å²) in [4.78, 5) is 128. The van der Waals surface area contributed by atoms with Crippen molar-refractivity contribution in [2.45, 2.75) is 212 Å². The third-order valence-corrected chi connectivity index (χ3v) is 18.0. The van der Waals surface area contributed by atoms with E-state index in [4.69, 9.17) is 23.7 Å². The van der Waals surface area contributed by atoms with Gasteiger partial charge in [-0.3, -0.25) is 47.9 Å². The molecular weight excluding hydrogens is 1360 g/mol. The van der Waals surface area contributed by atoms with Crippen LogP contribution in [0.2, 0.25) is 0 Å². The Hall–Kier alpha value is -6.00. The van der Waals surface area contributed by atoms with E-state index in [1.807, 2.05) is 111 Å². The molecule has 25 heteroatoms. The van der Waals surface area contributed by atoms with Crippen LogP contribution in [0.3, 0.4) is 0 Å². The van der Waals surface area contributed by atoms with Crippen molar-refractivity contribution in [1.29, 1.82) is 0 Å². The van der Waals surface area contributed by atoms with Crippen LogP contribution in [0, 0.1) is 0 Å². The molecular formula is C82H144N10O15. The summed E-state index contributed by atoms with van der Waals surface area (Å²) in [6, 6.07) is 0. The molecule has 5 N–H and O–H groups in total. The van der Waals surface area contributed by atoms with Gasteiger partial charge in [-0.05, 0) is 119 Å². The molecule has 0 heterocycles. The summed E-state index contributed by atoms with van der Waals surface area (Å²) in [6.07, 6.45) is 4.59. The predicted octanol–water partition coefficient (Wildman–Crippen LogP) is 7.53. The van der Waals surface area contributed by atoms with E-state index in [9.17, 15) is 47.9 Å². The number of hydrogen-bond acceptors (Lipinski definition) is 25. The zero-order valence-electron chi connectivity index (χ0n) is 71.0. The Balaban J connectivity index is 0.000000669. The van der Waals surface area contributed by atoms with E-state index in [1.54, 1.807) is 0 Å². The first-order valence-electron chi connectivity index (χ1n) is 39.4. The van der Waals surface area contributed by atoms with Gasteiger partial charge in [-0.15, -0.1) is 0 Å². The number of nitrogens with zero attached hydrogens (tertiary/aromatic N) is 5. The van der Waals surface area contributed by atoms with E-state index < -0.39 is 27.1 Å². The maximum atomic E-state index is 11.7. The molecule has 0 saturated carbocycles. The Morgan fingerprint density at radius 1 is 0.234 bits per heavy atom. The standard InChI is InChI=1S/C18H32N2O3.C17H30N2O3.2C16H28N2O3.C15H26N2O3/c1-6-9-20(10-7-2)11-13-23-12-8-19-15-14(18(3,4)5)16(21)17(15)22;1-6-9-19(7-2)10-12-22-11-8-18-14-13(17(3,4)5)15(20)16(14)21;1-6-8-18(5)9-11-21-10-7-17-13-12(16(2,3)4)14(19)15(13)20;1-6-18(7-2)9-11-21-10-8-17-13-12(16(3,4)5)14(19)15(13)20;1-6-17(5)8-10-20-9-7-16-12-11(15(2,3)4)13(18)14(12)19/h19H,6-13H2,1-5H3;18H,6-12H2,1-5H3;2*17H,6-11H2,1-5H3;16H,6-10H2,1-5H3. The van der Waals surface area contributed by atoms with Gasteiger partial charge in [0.2, 0.25) is 54.3 Å². The SMILES string of the molecule is CCCN(C)CCOCCNc1c(C(C)(C)C)c(=O)c1=O.CCCN(CC)CCOCCNc1c(C(C)(C)C)c(=O)c1=O.CCCN(CCC)CCOCCNc1c(C(C)(C)C)c(=O)c1=O.CCN(C)CCOCCNc1c(C(C)(C)C)c(=O)c1=O.CCN(CC)CCOCCNc1c(C(C)(C)C)c(=O)c1=O. The summed E-state index contributed by atoms with van der Waals surface area (Å²) in [5.74, 6) is 0. The first-order chi connectivity index (χ1) is 50.0. The van der Waals surface area contributed by atoms with Crippen LogP contribution in [-0.4, -0.2) is 222 Å². The molecule has 0 aliphatic rings. The second kappa shape index (κ2) is 49.3. The van der Waals surface area contributed by atoms with Crippen LogP contribution in [0.1, 0.15) is 213 Å². The van der Waals surface area contributed by atoms with E-state index in [2.05, 4.69) is 114 Å². The van der Waals surface area contributed by atoms with Crippen molar-refractivity contribution in [3.63, 3.8) is 0 Å². The van der Waals surface area contributed by atoms with Crippen LogP contribution in [0.4, 0.5) is 28.4 Å². The molecule has 0 aliphatic heterocycles. The minimum Gasteiger partial charge on any atom is -0.379 e. The van der Waals surface area contributed by atoms with Gasteiger partial charge in [0.15, 0.2) is 0 Å². The molecule has 5 aromatic rings. The molecule has 0 amide bonds. The lowest BCUT2D eigenvalue weighted by Gasteiger charge is -2.24. The van der Waals surface area contributed by atoms with Crippen molar-refractivity contribution in [1.82, 2.24) is 24.5 Å². The molecule has 0 spiro atoms. The molecule has 107 heavy (non-hydrogen) atoms. The van der Waals surface area contributed by atoms with Crippen molar-refractivity contribution in [2.75, 3.05) is 225 Å². The summed E-state index contributed by atoms with van der Waals surface area (Å²) >= 11 is 0. The predicted molar refractivity (Wildman–Crippen MR) is 445 cm³/mol. The smallest absolute Gasteiger partial charge is 0.249 e. The van der Waals surface area contributed by atoms with Crippen molar-refractivity contribution >= 4 is 28.4 Å². The van der Waals surface area contributed by atoms with Gasteiger partial charge in [-0.1, -0.05) is 159 Å². The van der Waals surface area contributed by atoms with Gasteiger partial charge in [-0.25, -0.2) is 0 Å². The zero-order valence-corrected chi connectivity index (χ0v) is 71.0. The summed E-state index contributed by atoms with van der Waals surface area (Å²) in [5.41, 5.74) is 0.161. The van der Waals surface area contributed by atoms with Crippen molar-refractivity contribution in [2.24, 2.45) is 0 Å². The lowest BCUT2D eigenvalue weighted by molar-refractivity contribution is 0.111. The molecule has 0 radical (unpaired) electrons. The molecule has 0 aromatic heterocycles. The highest BCUT2D eigenvalue weighted by molar-refractivity contribution is 5.62. The van der Waals surface area contributed by atoms with Crippen LogP contribution < -0.4 is 80.9 Å². The average molecular weight is 1510 g/mol. The highest BCUT2D eigenvalue weighted by Crippen LogP contribution is 2.29. The molecule has 5 rings (SSSR count). The van der Waals surface area contributed by atoms with E-state index in [0.29, 0.717) is 155 Å². The Bertz CT molecular complexity index is 3680. The largest absolute Gasteiger partial charge is 0.379 e. The summed E-state index contributed by atoms with van der Waals surface area (Å²) in [5, 5.41) is 15.2. The van der Waals surface area contributed by atoms with Crippen molar-refractivity contribution in [3.8, 4) is 0 Å². The normalized spacial score (nSPS) is 12.3. The van der Waals surface area contributed by atoms with Crippen LogP contribution in [0.15, 0.2) is 47.9 Å².